The summed E-state index contributed by atoms with van der Waals surface area (Å²) in [4.78, 5) is 24.2. The molecule has 2 amide bonds. The zero-order valence-electron chi connectivity index (χ0n) is 14.5. The van der Waals surface area contributed by atoms with Gasteiger partial charge in [-0.2, -0.15) is 0 Å². The Morgan fingerprint density at radius 2 is 1.67 bits per heavy atom. The van der Waals surface area contributed by atoms with Crippen molar-refractivity contribution in [2.24, 2.45) is 0 Å². The molecule has 0 radical (unpaired) electrons. The van der Waals surface area contributed by atoms with Gasteiger partial charge < -0.3 is 9.15 Å². The van der Waals surface area contributed by atoms with Gasteiger partial charge in [-0.15, -0.1) is 0 Å². The molecule has 27 heavy (non-hydrogen) atoms. The number of furan rings is 1. The average molecular weight is 429 g/mol. The van der Waals surface area contributed by atoms with Crippen molar-refractivity contribution in [2.75, 3.05) is 0 Å². The molecule has 0 atom stereocenters. The van der Waals surface area contributed by atoms with E-state index < -0.39 is 11.8 Å². The molecule has 2 aromatic carbocycles. The van der Waals surface area contributed by atoms with Gasteiger partial charge in [0.1, 0.15) is 18.1 Å². The lowest BCUT2D eigenvalue weighted by atomic mass is 10.1. The van der Waals surface area contributed by atoms with Gasteiger partial charge in [-0.1, -0.05) is 34.1 Å². The molecule has 7 heteroatoms. The fourth-order valence-electron chi connectivity index (χ4n) is 2.33. The van der Waals surface area contributed by atoms with E-state index in [0.717, 1.165) is 10.0 Å². The van der Waals surface area contributed by atoms with E-state index in [-0.39, 0.29) is 12.4 Å². The molecule has 0 aliphatic heterocycles. The molecule has 1 aromatic heterocycles. The van der Waals surface area contributed by atoms with Crippen LogP contribution in [0.3, 0.4) is 0 Å². The summed E-state index contributed by atoms with van der Waals surface area (Å²) in [5.74, 6) is 0.313. The van der Waals surface area contributed by atoms with E-state index in [1.54, 1.807) is 18.2 Å². The van der Waals surface area contributed by atoms with E-state index in [1.807, 2.05) is 43.3 Å². The summed E-state index contributed by atoms with van der Waals surface area (Å²) < 4.78 is 12.0. The summed E-state index contributed by atoms with van der Waals surface area (Å²) >= 11 is 3.36. The number of hydrogen-bond acceptors (Lipinski definition) is 4. The highest BCUT2D eigenvalue weighted by atomic mass is 79.9. The Kier molecular flexibility index (Phi) is 5.93. The van der Waals surface area contributed by atoms with Crippen LogP contribution in [0.4, 0.5) is 0 Å². The number of carbonyl (C=O) groups excluding carboxylic acids is 2. The Balaban J connectivity index is 1.53. The van der Waals surface area contributed by atoms with Crippen LogP contribution in [-0.2, 0) is 6.61 Å². The molecule has 3 aromatic rings. The first-order valence-corrected chi connectivity index (χ1v) is 8.95. The summed E-state index contributed by atoms with van der Waals surface area (Å²) in [7, 11) is 0. The average Bonchev–Trinajstić information content (AvgIpc) is 3.15. The number of ether oxygens (including phenoxy) is 1. The molecule has 0 unspecified atom stereocenters. The number of halogens is 1. The first-order valence-electron chi connectivity index (χ1n) is 8.16. The van der Waals surface area contributed by atoms with Gasteiger partial charge in [0.25, 0.3) is 5.91 Å². The standard InChI is InChI=1S/C20H17BrN2O4/c1-13-4-2-3-5-17(13)19(24)22-23-20(25)18-11-10-16(27-18)12-26-15-8-6-14(21)7-9-15/h2-11H,12H2,1H3,(H,22,24)(H,23,25). The number of rotatable bonds is 5. The highest BCUT2D eigenvalue weighted by molar-refractivity contribution is 9.10. The predicted molar refractivity (Wildman–Crippen MR) is 103 cm³/mol. The van der Waals surface area contributed by atoms with Gasteiger partial charge in [0.2, 0.25) is 0 Å². The van der Waals surface area contributed by atoms with E-state index in [0.29, 0.717) is 17.1 Å². The summed E-state index contributed by atoms with van der Waals surface area (Å²) in [6.45, 7) is 2.01. The molecule has 2 N–H and O–H groups in total. The number of aryl methyl sites for hydroxylation is 1. The zero-order chi connectivity index (χ0) is 19.2. The minimum atomic E-state index is -0.549. The summed E-state index contributed by atoms with van der Waals surface area (Å²) in [5, 5.41) is 0. The monoisotopic (exact) mass is 428 g/mol. The predicted octanol–water partition coefficient (Wildman–Crippen LogP) is 4.00. The largest absolute Gasteiger partial charge is 0.486 e. The second-order valence-corrected chi connectivity index (χ2v) is 6.65. The second-order valence-electron chi connectivity index (χ2n) is 5.73. The van der Waals surface area contributed by atoms with Crippen LogP contribution in [-0.4, -0.2) is 11.8 Å². The van der Waals surface area contributed by atoms with Gasteiger partial charge >= 0.3 is 5.91 Å². The molecule has 0 saturated carbocycles. The second kappa shape index (κ2) is 8.55. The van der Waals surface area contributed by atoms with Crippen molar-refractivity contribution in [1.82, 2.24) is 10.9 Å². The molecule has 3 rings (SSSR count). The number of amides is 2. The highest BCUT2D eigenvalue weighted by Crippen LogP contribution is 2.18. The Morgan fingerprint density at radius 1 is 0.963 bits per heavy atom. The fraction of sp³-hybridized carbons (Fsp3) is 0.100. The van der Waals surface area contributed by atoms with Crippen LogP contribution in [0.1, 0.15) is 32.2 Å². The lowest BCUT2D eigenvalue weighted by molar-refractivity contribution is 0.0828. The Hall–Kier alpha value is -3.06. The third kappa shape index (κ3) is 4.98. The van der Waals surface area contributed by atoms with Gasteiger partial charge in [0.05, 0.1) is 0 Å². The maximum absolute atomic E-state index is 12.1. The van der Waals surface area contributed by atoms with Crippen LogP contribution >= 0.6 is 15.9 Å². The van der Waals surface area contributed by atoms with Gasteiger partial charge in [0.15, 0.2) is 5.76 Å². The highest BCUT2D eigenvalue weighted by Gasteiger charge is 2.14. The van der Waals surface area contributed by atoms with Crippen LogP contribution in [0.5, 0.6) is 5.75 Å². The van der Waals surface area contributed by atoms with E-state index >= 15 is 0 Å². The van der Waals surface area contributed by atoms with Crippen molar-refractivity contribution in [3.05, 3.63) is 87.8 Å². The SMILES string of the molecule is Cc1ccccc1C(=O)NNC(=O)c1ccc(COc2ccc(Br)cc2)o1. The molecule has 0 bridgehead atoms. The van der Waals surface area contributed by atoms with Gasteiger partial charge in [-0.05, 0) is 55.0 Å². The van der Waals surface area contributed by atoms with E-state index in [1.165, 1.54) is 6.07 Å². The molecule has 0 saturated heterocycles. The maximum atomic E-state index is 12.1. The molecule has 0 aliphatic rings. The first kappa shape index (κ1) is 18.7. The molecular formula is C20H17BrN2O4. The summed E-state index contributed by atoms with van der Waals surface area (Å²) in [6.07, 6.45) is 0. The van der Waals surface area contributed by atoms with Gasteiger partial charge in [-0.25, -0.2) is 0 Å². The minimum Gasteiger partial charge on any atom is -0.486 e. The zero-order valence-corrected chi connectivity index (χ0v) is 16.1. The van der Waals surface area contributed by atoms with Crippen molar-refractivity contribution < 1.29 is 18.7 Å². The summed E-state index contributed by atoms with van der Waals surface area (Å²) in [6, 6.07) is 17.7. The van der Waals surface area contributed by atoms with Crippen molar-refractivity contribution in [1.29, 1.82) is 0 Å². The van der Waals surface area contributed by atoms with Crippen LogP contribution in [0.25, 0.3) is 0 Å². The maximum Gasteiger partial charge on any atom is 0.305 e. The fourth-order valence-corrected chi connectivity index (χ4v) is 2.60. The quantitative estimate of drug-likeness (QED) is 0.601. The number of nitrogens with one attached hydrogen (secondary N) is 2. The molecule has 0 spiro atoms. The number of benzene rings is 2. The lowest BCUT2D eigenvalue weighted by Gasteiger charge is -2.08. The van der Waals surface area contributed by atoms with Crippen molar-refractivity contribution in [3.63, 3.8) is 0 Å². The van der Waals surface area contributed by atoms with Crippen molar-refractivity contribution in [2.45, 2.75) is 13.5 Å². The van der Waals surface area contributed by atoms with E-state index in [9.17, 15) is 9.59 Å². The Morgan fingerprint density at radius 3 is 2.41 bits per heavy atom. The third-order valence-corrected chi connectivity index (χ3v) is 4.29. The smallest absolute Gasteiger partial charge is 0.305 e. The number of hydrazine groups is 1. The van der Waals surface area contributed by atoms with Crippen LogP contribution in [0.2, 0.25) is 0 Å². The third-order valence-electron chi connectivity index (χ3n) is 3.76. The van der Waals surface area contributed by atoms with Crippen LogP contribution in [0, 0.1) is 6.92 Å². The molecule has 6 nitrogen and oxygen atoms in total. The Labute approximate surface area is 164 Å². The Bertz CT molecular complexity index is 951. The molecular weight excluding hydrogens is 412 g/mol. The topological polar surface area (TPSA) is 80.6 Å². The van der Waals surface area contributed by atoms with E-state index in [2.05, 4.69) is 26.8 Å². The normalized spacial score (nSPS) is 10.3. The van der Waals surface area contributed by atoms with E-state index in [4.69, 9.17) is 9.15 Å². The van der Waals surface area contributed by atoms with Gasteiger partial charge in [0, 0.05) is 10.0 Å². The molecule has 0 fully saturated rings. The molecule has 0 aliphatic carbocycles. The minimum absolute atomic E-state index is 0.0782. The van der Waals surface area contributed by atoms with Gasteiger partial charge in [-0.3, -0.25) is 20.4 Å². The van der Waals surface area contributed by atoms with Crippen LogP contribution < -0.4 is 15.6 Å². The molecule has 138 valence electrons. The van der Waals surface area contributed by atoms with Crippen molar-refractivity contribution >= 4 is 27.7 Å². The first-order chi connectivity index (χ1) is 13.0. The van der Waals surface area contributed by atoms with Crippen molar-refractivity contribution in [3.8, 4) is 5.75 Å². The van der Waals surface area contributed by atoms with Crippen LogP contribution in [0.15, 0.2) is 69.6 Å². The lowest BCUT2D eigenvalue weighted by Crippen LogP contribution is -2.41. The number of carbonyl (C=O) groups is 2. The number of hydrogen-bond donors (Lipinski definition) is 2. The molecule has 1 heterocycles. The summed E-state index contributed by atoms with van der Waals surface area (Å²) in [5.41, 5.74) is 6.02.